The predicted molar refractivity (Wildman–Crippen MR) is 117 cm³/mol. The zero-order valence-electron chi connectivity index (χ0n) is 15.9. The van der Waals surface area contributed by atoms with Gasteiger partial charge in [0.05, 0.1) is 10.6 Å². The molecule has 0 saturated heterocycles. The average Bonchev–Trinajstić information content (AvgIpc) is 2.70. The normalized spacial score (nSPS) is 11.0. The molecule has 9 heteroatoms. The Morgan fingerprint density at radius 1 is 1.03 bits per heavy atom. The molecule has 0 radical (unpaired) electrons. The third kappa shape index (κ3) is 5.80. The quantitative estimate of drug-likeness (QED) is 0.499. The lowest BCUT2D eigenvalue weighted by atomic mass is 10.2. The molecule has 3 rings (SSSR count). The van der Waals surface area contributed by atoms with Crippen molar-refractivity contribution in [2.75, 3.05) is 16.6 Å². The Bertz CT molecular complexity index is 1150. The lowest BCUT2D eigenvalue weighted by Crippen LogP contribution is -2.20. The summed E-state index contributed by atoms with van der Waals surface area (Å²) in [4.78, 5) is 12.0. The Hall–Kier alpha value is -2.91. The number of carbonyl (C=O) groups is 1. The number of sulfonamides is 1. The van der Waals surface area contributed by atoms with Crippen LogP contribution in [0.2, 0.25) is 0 Å². The smallest absolute Gasteiger partial charge is 0.262 e. The molecule has 0 fully saturated rings. The topological polar surface area (TPSA) is 84.5 Å². The molecule has 0 atom stereocenters. The van der Waals surface area contributed by atoms with Crippen LogP contribution in [0.4, 0.5) is 15.8 Å². The molecule has 0 aliphatic heterocycles. The number of benzene rings is 3. The molecule has 0 aromatic heterocycles. The van der Waals surface area contributed by atoms with Crippen LogP contribution in [0.25, 0.3) is 0 Å². The molecule has 0 spiro atoms. The van der Waals surface area contributed by atoms with Crippen LogP contribution in [-0.2, 0) is 14.8 Å². The van der Waals surface area contributed by atoms with Crippen LogP contribution in [0.15, 0.2) is 76.1 Å². The number of hydrogen-bond donors (Lipinski definition) is 2. The van der Waals surface area contributed by atoms with Gasteiger partial charge in [0.15, 0.2) is 6.61 Å². The Labute approximate surface area is 182 Å². The largest absolute Gasteiger partial charge is 0.484 e. The first-order valence-electron chi connectivity index (χ1n) is 8.80. The summed E-state index contributed by atoms with van der Waals surface area (Å²) in [6, 6.07) is 16.9. The molecule has 6 nitrogen and oxygen atoms in total. The van der Waals surface area contributed by atoms with E-state index < -0.39 is 21.7 Å². The summed E-state index contributed by atoms with van der Waals surface area (Å²) in [5.41, 5.74) is 1.51. The zero-order chi connectivity index (χ0) is 21.7. The lowest BCUT2D eigenvalue weighted by Gasteiger charge is -2.10. The van der Waals surface area contributed by atoms with Gasteiger partial charge in [0, 0.05) is 10.2 Å². The number of hydrogen-bond acceptors (Lipinski definition) is 4. The first-order valence-corrected chi connectivity index (χ1v) is 11.1. The number of halogens is 2. The number of nitrogens with one attached hydrogen (secondary N) is 2. The summed E-state index contributed by atoms with van der Waals surface area (Å²) in [6.07, 6.45) is 0. The average molecular weight is 493 g/mol. The molecule has 0 saturated carbocycles. The van der Waals surface area contributed by atoms with E-state index in [1.165, 1.54) is 36.4 Å². The highest BCUT2D eigenvalue weighted by atomic mass is 79.9. The molecular formula is C21H18BrFN2O4S. The molecule has 3 aromatic carbocycles. The van der Waals surface area contributed by atoms with Gasteiger partial charge in [0.25, 0.3) is 15.9 Å². The van der Waals surface area contributed by atoms with Gasteiger partial charge in [0.1, 0.15) is 11.6 Å². The minimum Gasteiger partial charge on any atom is -0.484 e. The fourth-order valence-corrected chi connectivity index (χ4v) is 3.87. The van der Waals surface area contributed by atoms with Crippen molar-refractivity contribution in [1.29, 1.82) is 0 Å². The highest BCUT2D eigenvalue weighted by Gasteiger charge is 2.14. The number of ether oxygens (including phenoxy) is 1. The van der Waals surface area contributed by atoms with Crippen LogP contribution in [0.1, 0.15) is 5.56 Å². The molecule has 30 heavy (non-hydrogen) atoms. The van der Waals surface area contributed by atoms with Gasteiger partial charge >= 0.3 is 0 Å². The van der Waals surface area contributed by atoms with Crippen LogP contribution in [0.3, 0.4) is 0 Å². The van der Waals surface area contributed by atoms with Crippen LogP contribution in [0, 0.1) is 12.7 Å². The van der Waals surface area contributed by atoms with Gasteiger partial charge in [-0.15, -0.1) is 0 Å². The number of amides is 1. The number of aryl methyl sites for hydroxylation is 1. The molecule has 2 N–H and O–H groups in total. The van der Waals surface area contributed by atoms with E-state index in [4.69, 9.17) is 4.74 Å². The SMILES string of the molecule is Cc1ccc(NS(=O)(=O)c2ccc(OCC(=O)Nc3ccc(Br)cc3F)cc2)cc1. The predicted octanol–water partition coefficient (Wildman–Crippen LogP) is 4.71. The minimum atomic E-state index is -3.75. The van der Waals surface area contributed by atoms with Gasteiger partial charge in [-0.3, -0.25) is 9.52 Å². The van der Waals surface area contributed by atoms with Gasteiger partial charge in [-0.2, -0.15) is 0 Å². The highest BCUT2D eigenvalue weighted by Crippen LogP contribution is 2.21. The maximum absolute atomic E-state index is 13.8. The summed E-state index contributed by atoms with van der Waals surface area (Å²) in [6.45, 7) is 1.55. The molecule has 156 valence electrons. The van der Waals surface area contributed by atoms with E-state index in [1.54, 1.807) is 30.3 Å². The van der Waals surface area contributed by atoms with Gasteiger partial charge < -0.3 is 10.1 Å². The summed E-state index contributed by atoms with van der Waals surface area (Å²) >= 11 is 3.14. The standard InChI is InChI=1S/C21H18BrFN2O4S/c1-14-2-5-16(6-3-14)25-30(27,28)18-9-7-17(8-10-18)29-13-21(26)24-20-11-4-15(22)12-19(20)23/h2-12,25H,13H2,1H3,(H,24,26). The maximum atomic E-state index is 13.8. The van der Waals surface area contributed by atoms with Crippen molar-refractivity contribution >= 4 is 43.2 Å². The first kappa shape index (κ1) is 21.8. The van der Waals surface area contributed by atoms with E-state index in [-0.39, 0.29) is 17.2 Å². The van der Waals surface area contributed by atoms with Crippen LogP contribution >= 0.6 is 15.9 Å². The molecule has 0 aliphatic rings. The fourth-order valence-electron chi connectivity index (χ4n) is 2.48. The zero-order valence-corrected chi connectivity index (χ0v) is 18.3. The number of anilines is 2. The van der Waals surface area contributed by atoms with E-state index in [9.17, 15) is 17.6 Å². The van der Waals surface area contributed by atoms with Crippen molar-refractivity contribution in [3.63, 3.8) is 0 Å². The Morgan fingerprint density at radius 3 is 2.33 bits per heavy atom. The van der Waals surface area contributed by atoms with Crippen molar-refractivity contribution in [2.24, 2.45) is 0 Å². The van der Waals surface area contributed by atoms with Crippen LogP contribution < -0.4 is 14.8 Å². The summed E-state index contributed by atoms with van der Waals surface area (Å²) in [5, 5.41) is 2.41. The van der Waals surface area contributed by atoms with Crippen molar-refractivity contribution in [1.82, 2.24) is 0 Å². The first-order chi connectivity index (χ1) is 14.2. The van der Waals surface area contributed by atoms with E-state index in [1.807, 2.05) is 6.92 Å². The molecule has 1 amide bonds. The minimum absolute atomic E-state index is 0.0374. The highest BCUT2D eigenvalue weighted by molar-refractivity contribution is 9.10. The molecule has 0 heterocycles. The third-order valence-corrected chi connectivity index (χ3v) is 5.90. The second-order valence-corrected chi connectivity index (χ2v) is 9.00. The second kappa shape index (κ2) is 9.27. The molecular weight excluding hydrogens is 475 g/mol. The second-order valence-electron chi connectivity index (χ2n) is 6.40. The Morgan fingerprint density at radius 2 is 1.70 bits per heavy atom. The van der Waals surface area contributed by atoms with Gasteiger partial charge in [-0.1, -0.05) is 33.6 Å². The molecule has 3 aromatic rings. The third-order valence-electron chi connectivity index (χ3n) is 4.01. The van der Waals surface area contributed by atoms with Gasteiger partial charge in [-0.25, -0.2) is 12.8 Å². The molecule has 0 bridgehead atoms. The lowest BCUT2D eigenvalue weighted by molar-refractivity contribution is -0.118. The van der Waals surface area contributed by atoms with Gasteiger partial charge in [-0.05, 0) is 61.5 Å². The van der Waals surface area contributed by atoms with E-state index in [0.717, 1.165) is 5.56 Å². The van der Waals surface area contributed by atoms with Crippen molar-refractivity contribution in [2.45, 2.75) is 11.8 Å². The van der Waals surface area contributed by atoms with E-state index in [2.05, 4.69) is 26.0 Å². The number of rotatable bonds is 7. The summed E-state index contributed by atoms with van der Waals surface area (Å²) in [5.74, 6) is -0.821. The van der Waals surface area contributed by atoms with E-state index >= 15 is 0 Å². The Balaban J connectivity index is 1.58. The van der Waals surface area contributed by atoms with Crippen molar-refractivity contribution in [3.05, 3.63) is 82.6 Å². The molecule has 0 unspecified atom stereocenters. The van der Waals surface area contributed by atoms with Gasteiger partial charge in [0.2, 0.25) is 0 Å². The Kier molecular flexibility index (Phi) is 6.73. The van der Waals surface area contributed by atoms with Crippen molar-refractivity contribution in [3.8, 4) is 5.75 Å². The van der Waals surface area contributed by atoms with E-state index in [0.29, 0.717) is 15.9 Å². The number of carbonyl (C=O) groups excluding carboxylic acids is 1. The van der Waals surface area contributed by atoms with Crippen LogP contribution in [-0.4, -0.2) is 20.9 Å². The summed E-state index contributed by atoms with van der Waals surface area (Å²) < 4.78 is 47.1. The summed E-state index contributed by atoms with van der Waals surface area (Å²) in [7, 11) is -3.75. The fraction of sp³-hybridized carbons (Fsp3) is 0.0952. The maximum Gasteiger partial charge on any atom is 0.262 e. The molecule has 0 aliphatic carbocycles. The van der Waals surface area contributed by atoms with Crippen LogP contribution in [0.5, 0.6) is 5.75 Å². The monoisotopic (exact) mass is 492 g/mol. The van der Waals surface area contributed by atoms with Crippen molar-refractivity contribution < 1.29 is 22.3 Å².